The lowest BCUT2D eigenvalue weighted by Gasteiger charge is -2.32. The molecule has 2 amide bonds. The normalized spacial score (nSPS) is 15.7. The van der Waals surface area contributed by atoms with E-state index >= 15 is 0 Å². The van der Waals surface area contributed by atoms with Crippen LogP contribution >= 0.6 is 11.8 Å². The van der Waals surface area contributed by atoms with E-state index in [9.17, 15) is 9.59 Å². The molecule has 3 aromatic rings. The van der Waals surface area contributed by atoms with Gasteiger partial charge in [0.05, 0.1) is 40.2 Å². The van der Waals surface area contributed by atoms with Crippen LogP contribution in [-0.2, 0) is 16.1 Å². The van der Waals surface area contributed by atoms with Gasteiger partial charge in [0.15, 0.2) is 16.7 Å². The summed E-state index contributed by atoms with van der Waals surface area (Å²) in [6.07, 6.45) is 4.59. The van der Waals surface area contributed by atoms with Crippen LogP contribution in [0.15, 0.2) is 71.7 Å². The third-order valence-electron chi connectivity index (χ3n) is 6.91. The van der Waals surface area contributed by atoms with Gasteiger partial charge in [-0.2, -0.15) is 0 Å². The standard InChI is InChI=1S/C33H39N3O6S/c1-5-6-7-8-19-42-27-16-12-24(13-17-27)34-32(38)30-21-31(37)36(22-23-9-18-28(40-3)29(20-23)41-4)33(43-30)35-25-10-14-26(39-2)15-11-25/h9-18,20,30H,5-8,19,21-22H2,1-4H3,(H,34,38). The molecule has 3 aromatic carbocycles. The van der Waals surface area contributed by atoms with Crippen LogP contribution in [0.3, 0.4) is 0 Å². The van der Waals surface area contributed by atoms with Gasteiger partial charge in [-0.15, -0.1) is 0 Å². The van der Waals surface area contributed by atoms with Gasteiger partial charge in [0.25, 0.3) is 0 Å². The second-order valence-corrected chi connectivity index (χ2v) is 11.2. The number of benzene rings is 3. The first-order valence-corrected chi connectivity index (χ1v) is 15.3. The molecule has 1 saturated heterocycles. The van der Waals surface area contributed by atoms with Crippen LogP contribution in [-0.4, -0.2) is 55.1 Å². The van der Waals surface area contributed by atoms with Crippen molar-refractivity contribution in [3.63, 3.8) is 0 Å². The first-order valence-electron chi connectivity index (χ1n) is 14.4. The summed E-state index contributed by atoms with van der Waals surface area (Å²) in [7, 11) is 4.74. The molecule has 1 aliphatic rings. The van der Waals surface area contributed by atoms with Gasteiger partial charge in [0.1, 0.15) is 16.7 Å². The van der Waals surface area contributed by atoms with Gasteiger partial charge < -0.3 is 24.3 Å². The summed E-state index contributed by atoms with van der Waals surface area (Å²) >= 11 is 1.26. The highest BCUT2D eigenvalue weighted by Gasteiger charge is 2.36. The smallest absolute Gasteiger partial charge is 0.238 e. The predicted octanol–water partition coefficient (Wildman–Crippen LogP) is 6.83. The SMILES string of the molecule is CCCCCCOc1ccc(NC(=O)C2CC(=O)N(Cc3ccc(OC)c(OC)c3)C(=Nc3ccc(OC)cc3)S2)cc1. The third-order valence-corrected chi connectivity index (χ3v) is 8.09. The molecular weight excluding hydrogens is 566 g/mol. The molecule has 0 spiro atoms. The molecule has 228 valence electrons. The van der Waals surface area contributed by atoms with Crippen molar-refractivity contribution in [3.05, 3.63) is 72.3 Å². The number of nitrogens with one attached hydrogen (secondary N) is 1. The third kappa shape index (κ3) is 8.90. The van der Waals surface area contributed by atoms with Crippen LogP contribution in [0.1, 0.15) is 44.6 Å². The second-order valence-electron chi connectivity index (χ2n) is 9.99. The summed E-state index contributed by atoms with van der Waals surface area (Å²) in [6.45, 7) is 3.11. The van der Waals surface area contributed by atoms with Gasteiger partial charge in [-0.3, -0.25) is 14.5 Å². The summed E-state index contributed by atoms with van der Waals surface area (Å²) in [4.78, 5) is 33.2. The summed E-state index contributed by atoms with van der Waals surface area (Å²) in [6, 6.07) is 20.0. The fraction of sp³-hybridized carbons (Fsp3) is 0.364. The average Bonchev–Trinajstić information content (AvgIpc) is 3.03. The molecular formula is C33H39N3O6S. The molecule has 1 fully saturated rings. The van der Waals surface area contributed by atoms with E-state index in [1.54, 1.807) is 44.4 Å². The number of amides is 2. The van der Waals surface area contributed by atoms with Crippen LogP contribution in [0.5, 0.6) is 23.0 Å². The maximum Gasteiger partial charge on any atom is 0.238 e. The van der Waals surface area contributed by atoms with E-state index in [-0.39, 0.29) is 24.8 Å². The van der Waals surface area contributed by atoms with Gasteiger partial charge in [0, 0.05) is 12.1 Å². The highest BCUT2D eigenvalue weighted by atomic mass is 32.2. The molecule has 1 heterocycles. The Morgan fingerprint density at radius 1 is 0.907 bits per heavy atom. The molecule has 0 saturated carbocycles. The maximum atomic E-state index is 13.5. The number of thioether (sulfide) groups is 1. The zero-order valence-electron chi connectivity index (χ0n) is 25.1. The Balaban J connectivity index is 1.49. The van der Waals surface area contributed by atoms with Crippen molar-refractivity contribution in [2.24, 2.45) is 4.99 Å². The van der Waals surface area contributed by atoms with Crippen LogP contribution < -0.4 is 24.3 Å². The molecule has 9 nitrogen and oxygen atoms in total. The van der Waals surface area contributed by atoms with E-state index < -0.39 is 5.25 Å². The molecule has 1 unspecified atom stereocenters. The van der Waals surface area contributed by atoms with E-state index in [2.05, 4.69) is 12.2 Å². The summed E-state index contributed by atoms with van der Waals surface area (Å²) in [5.74, 6) is 2.16. The van der Waals surface area contributed by atoms with Crippen molar-refractivity contribution < 1.29 is 28.5 Å². The average molecular weight is 606 g/mol. The molecule has 43 heavy (non-hydrogen) atoms. The topological polar surface area (TPSA) is 98.7 Å². The number of carbonyl (C=O) groups excluding carboxylic acids is 2. The zero-order chi connectivity index (χ0) is 30.6. The molecule has 4 rings (SSSR count). The van der Waals surface area contributed by atoms with Crippen molar-refractivity contribution in [3.8, 4) is 23.0 Å². The zero-order valence-corrected chi connectivity index (χ0v) is 25.9. The lowest BCUT2D eigenvalue weighted by molar-refractivity contribution is -0.129. The molecule has 1 aliphatic heterocycles. The Hall–Kier alpha value is -4.18. The number of amidine groups is 1. The minimum absolute atomic E-state index is 0.0321. The van der Waals surface area contributed by atoms with Crippen molar-refractivity contribution in [2.45, 2.75) is 50.8 Å². The van der Waals surface area contributed by atoms with E-state index in [1.165, 1.54) is 24.6 Å². The predicted molar refractivity (Wildman–Crippen MR) is 171 cm³/mol. The van der Waals surface area contributed by atoms with E-state index in [1.807, 2.05) is 48.5 Å². The van der Waals surface area contributed by atoms with Crippen molar-refractivity contribution in [2.75, 3.05) is 33.3 Å². The number of carbonyl (C=O) groups is 2. The van der Waals surface area contributed by atoms with Crippen molar-refractivity contribution in [1.29, 1.82) is 0 Å². The fourth-order valence-electron chi connectivity index (χ4n) is 4.50. The summed E-state index contributed by atoms with van der Waals surface area (Å²) in [5, 5.41) is 2.73. The van der Waals surface area contributed by atoms with Gasteiger partial charge in [0.2, 0.25) is 11.8 Å². The maximum absolute atomic E-state index is 13.5. The van der Waals surface area contributed by atoms with Crippen LogP contribution in [0.2, 0.25) is 0 Å². The minimum Gasteiger partial charge on any atom is -0.497 e. The molecule has 10 heteroatoms. The highest BCUT2D eigenvalue weighted by molar-refractivity contribution is 8.15. The number of methoxy groups -OCH3 is 3. The van der Waals surface area contributed by atoms with Gasteiger partial charge in [-0.05, 0) is 72.6 Å². The number of nitrogens with zero attached hydrogens (tertiary/aromatic N) is 2. The van der Waals surface area contributed by atoms with E-state index in [0.29, 0.717) is 40.4 Å². The minimum atomic E-state index is -0.652. The number of rotatable bonds is 14. The lowest BCUT2D eigenvalue weighted by Crippen LogP contribution is -2.44. The number of hydrogen-bond acceptors (Lipinski definition) is 8. The molecule has 0 aliphatic carbocycles. The van der Waals surface area contributed by atoms with Crippen LogP contribution in [0.25, 0.3) is 0 Å². The number of ether oxygens (including phenoxy) is 4. The second kappa shape index (κ2) is 15.9. The molecule has 0 radical (unpaired) electrons. The van der Waals surface area contributed by atoms with Crippen molar-refractivity contribution in [1.82, 2.24) is 4.90 Å². The quantitative estimate of drug-likeness (QED) is 0.201. The molecule has 1 N–H and O–H groups in total. The molecule has 0 bridgehead atoms. The molecule has 1 atom stereocenters. The lowest BCUT2D eigenvalue weighted by atomic mass is 10.1. The summed E-state index contributed by atoms with van der Waals surface area (Å²) in [5.41, 5.74) is 2.11. The fourth-order valence-corrected chi connectivity index (χ4v) is 5.60. The van der Waals surface area contributed by atoms with E-state index in [4.69, 9.17) is 23.9 Å². The van der Waals surface area contributed by atoms with Gasteiger partial charge >= 0.3 is 0 Å². The number of hydrogen-bond donors (Lipinski definition) is 1. The Morgan fingerprint density at radius 2 is 1.63 bits per heavy atom. The van der Waals surface area contributed by atoms with E-state index in [0.717, 1.165) is 24.2 Å². The number of aliphatic imine (C=N–C) groups is 1. The monoisotopic (exact) mass is 605 g/mol. The largest absolute Gasteiger partial charge is 0.497 e. The van der Waals surface area contributed by atoms with Gasteiger partial charge in [-0.1, -0.05) is 44.0 Å². The van der Waals surface area contributed by atoms with Crippen LogP contribution in [0.4, 0.5) is 11.4 Å². The highest BCUT2D eigenvalue weighted by Crippen LogP contribution is 2.33. The Bertz CT molecular complexity index is 1390. The van der Waals surface area contributed by atoms with Crippen LogP contribution in [0, 0.1) is 0 Å². The Labute approximate surface area is 257 Å². The number of anilines is 1. The summed E-state index contributed by atoms with van der Waals surface area (Å²) < 4.78 is 21.9. The Morgan fingerprint density at radius 3 is 2.30 bits per heavy atom. The molecule has 0 aromatic heterocycles. The number of unbranched alkanes of at least 4 members (excludes halogenated alkanes) is 3. The first kappa shape index (κ1) is 31.7. The van der Waals surface area contributed by atoms with Crippen molar-refractivity contribution >= 4 is 40.1 Å². The first-order chi connectivity index (χ1) is 20.9. The van der Waals surface area contributed by atoms with Gasteiger partial charge in [-0.25, -0.2) is 4.99 Å². The Kier molecular flexibility index (Phi) is 11.7.